The van der Waals surface area contributed by atoms with Crippen LogP contribution in [0.25, 0.3) is 0 Å². The van der Waals surface area contributed by atoms with Gasteiger partial charge in [0, 0.05) is 18.6 Å². The number of rotatable bonds is 2. The van der Waals surface area contributed by atoms with Crippen LogP contribution < -0.4 is 5.32 Å². The van der Waals surface area contributed by atoms with Crippen molar-refractivity contribution in [3.05, 3.63) is 15.0 Å². The Morgan fingerprint density at radius 2 is 2.50 bits per heavy atom. The number of hydrogen-bond donors (Lipinski definition) is 1. The summed E-state index contributed by atoms with van der Waals surface area (Å²) in [6, 6.07) is 0.969. The lowest BCUT2D eigenvalue weighted by Crippen LogP contribution is -2.60. The lowest BCUT2D eigenvalue weighted by atomic mass is 9.80. The van der Waals surface area contributed by atoms with E-state index in [1.807, 2.05) is 0 Å². The van der Waals surface area contributed by atoms with Gasteiger partial charge in [0.15, 0.2) is 5.01 Å². The van der Waals surface area contributed by atoms with Crippen molar-refractivity contribution in [3.63, 3.8) is 0 Å². The first-order valence-electron chi connectivity index (χ1n) is 6.29. The summed E-state index contributed by atoms with van der Waals surface area (Å²) >= 11 is 4.72. The molecule has 6 heteroatoms. The molecule has 3 fully saturated rings. The standard InChI is InChI=1S/C12H16BrN3OS/c1-7-4-8-2-3-16(7)6-9(8)15-11(17)12-14-5-10(13)18-12/h5,7-9H,2-4,6H2,1H3,(H,15,17)/t7-,8+,9-/m0/s1. The maximum absolute atomic E-state index is 12.1. The van der Waals surface area contributed by atoms with Crippen LogP contribution in [0.5, 0.6) is 0 Å². The number of carbonyl (C=O) groups excluding carboxylic acids is 1. The average molecular weight is 330 g/mol. The first-order valence-corrected chi connectivity index (χ1v) is 7.90. The maximum Gasteiger partial charge on any atom is 0.280 e. The Morgan fingerprint density at radius 3 is 3.06 bits per heavy atom. The number of carbonyl (C=O) groups is 1. The Kier molecular flexibility index (Phi) is 3.42. The first-order chi connectivity index (χ1) is 8.63. The summed E-state index contributed by atoms with van der Waals surface area (Å²) in [4.78, 5) is 18.7. The molecule has 1 aromatic heterocycles. The topological polar surface area (TPSA) is 45.2 Å². The molecule has 3 aliphatic rings. The van der Waals surface area contributed by atoms with E-state index < -0.39 is 0 Å². The molecule has 4 nitrogen and oxygen atoms in total. The van der Waals surface area contributed by atoms with Gasteiger partial charge in [-0.2, -0.15) is 0 Å². The minimum absolute atomic E-state index is 0.0305. The fraction of sp³-hybridized carbons (Fsp3) is 0.667. The van der Waals surface area contributed by atoms with Crippen molar-refractivity contribution in [3.8, 4) is 0 Å². The first kappa shape index (κ1) is 12.6. The van der Waals surface area contributed by atoms with Crippen molar-refractivity contribution in [2.75, 3.05) is 13.1 Å². The highest BCUT2D eigenvalue weighted by atomic mass is 79.9. The molecule has 1 unspecified atom stereocenters. The fourth-order valence-electron chi connectivity index (χ4n) is 3.05. The highest BCUT2D eigenvalue weighted by Gasteiger charge is 2.38. The summed E-state index contributed by atoms with van der Waals surface area (Å²) in [6.45, 7) is 4.45. The molecule has 3 aliphatic heterocycles. The van der Waals surface area contributed by atoms with Crippen LogP contribution in [0, 0.1) is 5.92 Å². The molecular weight excluding hydrogens is 314 g/mol. The molecule has 0 spiro atoms. The predicted molar refractivity (Wildman–Crippen MR) is 74.8 cm³/mol. The third-order valence-electron chi connectivity index (χ3n) is 4.04. The third-order valence-corrected chi connectivity index (χ3v) is 5.52. The molecule has 2 bridgehead atoms. The highest BCUT2D eigenvalue weighted by Crippen LogP contribution is 2.32. The van der Waals surface area contributed by atoms with Crippen LogP contribution in [-0.2, 0) is 0 Å². The zero-order valence-electron chi connectivity index (χ0n) is 10.2. The van der Waals surface area contributed by atoms with E-state index in [4.69, 9.17) is 0 Å². The molecule has 0 aliphatic carbocycles. The van der Waals surface area contributed by atoms with Crippen molar-refractivity contribution in [2.24, 2.45) is 5.92 Å². The van der Waals surface area contributed by atoms with E-state index in [0.29, 0.717) is 23.0 Å². The van der Waals surface area contributed by atoms with Gasteiger partial charge in [-0.1, -0.05) is 0 Å². The molecule has 18 heavy (non-hydrogen) atoms. The second kappa shape index (κ2) is 4.90. The molecule has 4 heterocycles. The Balaban J connectivity index is 1.65. The molecule has 4 atom stereocenters. The highest BCUT2D eigenvalue weighted by molar-refractivity contribution is 9.11. The average Bonchev–Trinajstić information content (AvgIpc) is 2.77. The smallest absolute Gasteiger partial charge is 0.280 e. The molecule has 3 saturated heterocycles. The van der Waals surface area contributed by atoms with Gasteiger partial charge >= 0.3 is 0 Å². The summed E-state index contributed by atoms with van der Waals surface area (Å²) in [6.07, 6.45) is 4.08. The van der Waals surface area contributed by atoms with Crippen molar-refractivity contribution >= 4 is 33.2 Å². The number of halogens is 1. The summed E-state index contributed by atoms with van der Waals surface area (Å²) < 4.78 is 0.898. The van der Waals surface area contributed by atoms with Crippen molar-refractivity contribution in [1.82, 2.24) is 15.2 Å². The number of amides is 1. The fourth-order valence-corrected chi connectivity index (χ4v) is 4.16. The summed E-state index contributed by atoms with van der Waals surface area (Å²) in [7, 11) is 0. The van der Waals surface area contributed by atoms with E-state index in [9.17, 15) is 4.79 Å². The van der Waals surface area contributed by atoms with Crippen LogP contribution >= 0.6 is 27.3 Å². The quantitative estimate of drug-likeness (QED) is 0.903. The van der Waals surface area contributed by atoms with Gasteiger partial charge in [0.1, 0.15) is 0 Å². The molecule has 0 saturated carbocycles. The second-order valence-electron chi connectivity index (χ2n) is 5.18. The minimum Gasteiger partial charge on any atom is -0.346 e. The van der Waals surface area contributed by atoms with Crippen molar-refractivity contribution in [2.45, 2.75) is 31.8 Å². The number of hydrogen-bond acceptors (Lipinski definition) is 4. The molecule has 0 radical (unpaired) electrons. The van der Waals surface area contributed by atoms with Gasteiger partial charge in [-0.3, -0.25) is 9.69 Å². The van der Waals surface area contributed by atoms with E-state index in [1.54, 1.807) is 6.20 Å². The number of aromatic nitrogens is 1. The van der Waals surface area contributed by atoms with Crippen LogP contribution in [0.2, 0.25) is 0 Å². The number of thiazole rings is 1. The summed E-state index contributed by atoms with van der Waals surface area (Å²) in [5, 5.41) is 3.69. The summed E-state index contributed by atoms with van der Waals surface area (Å²) in [5.41, 5.74) is 0. The van der Waals surface area contributed by atoms with Crippen LogP contribution in [0.3, 0.4) is 0 Å². The van der Waals surface area contributed by atoms with Crippen LogP contribution in [0.1, 0.15) is 29.6 Å². The zero-order chi connectivity index (χ0) is 12.7. The Morgan fingerprint density at radius 1 is 1.67 bits per heavy atom. The van der Waals surface area contributed by atoms with E-state index in [2.05, 4.69) is 38.1 Å². The molecule has 1 N–H and O–H groups in total. The molecule has 1 amide bonds. The molecule has 98 valence electrons. The van der Waals surface area contributed by atoms with Gasteiger partial charge < -0.3 is 5.32 Å². The van der Waals surface area contributed by atoms with Crippen molar-refractivity contribution in [1.29, 1.82) is 0 Å². The van der Waals surface area contributed by atoms with E-state index >= 15 is 0 Å². The number of nitrogens with zero attached hydrogens (tertiary/aromatic N) is 2. The van der Waals surface area contributed by atoms with E-state index in [0.717, 1.165) is 10.3 Å². The number of piperidine rings is 3. The maximum atomic E-state index is 12.1. The Bertz CT molecular complexity index is 464. The Hall–Kier alpha value is -0.460. The van der Waals surface area contributed by atoms with Gasteiger partial charge in [0.05, 0.1) is 9.98 Å². The van der Waals surface area contributed by atoms with Gasteiger partial charge in [-0.25, -0.2) is 4.98 Å². The Labute approximate surface area is 119 Å². The third kappa shape index (κ3) is 2.33. The predicted octanol–water partition coefficient (Wildman–Crippen LogP) is 2.12. The normalized spacial score (nSPS) is 34.6. The lowest BCUT2D eigenvalue weighted by molar-refractivity contribution is 0.0274. The number of nitrogens with one attached hydrogen (secondary N) is 1. The second-order valence-corrected chi connectivity index (χ2v) is 7.59. The summed E-state index contributed by atoms with van der Waals surface area (Å²) in [5.74, 6) is 0.606. The monoisotopic (exact) mass is 329 g/mol. The van der Waals surface area contributed by atoms with Gasteiger partial charge in [-0.05, 0) is 48.2 Å². The van der Waals surface area contributed by atoms with Crippen LogP contribution in [-0.4, -0.2) is 41.0 Å². The molecule has 1 aromatic rings. The lowest BCUT2D eigenvalue weighted by Gasteiger charge is -2.48. The largest absolute Gasteiger partial charge is 0.346 e. The van der Waals surface area contributed by atoms with E-state index in [1.165, 1.54) is 30.7 Å². The minimum atomic E-state index is -0.0305. The molecular formula is C12H16BrN3OS. The van der Waals surface area contributed by atoms with Crippen LogP contribution in [0.15, 0.2) is 9.98 Å². The zero-order valence-corrected chi connectivity index (χ0v) is 12.6. The molecule has 4 rings (SSSR count). The van der Waals surface area contributed by atoms with Crippen LogP contribution in [0.4, 0.5) is 0 Å². The van der Waals surface area contributed by atoms with Gasteiger partial charge in [-0.15, -0.1) is 11.3 Å². The number of fused-ring (bicyclic) bond motifs is 3. The van der Waals surface area contributed by atoms with Crippen molar-refractivity contribution < 1.29 is 4.79 Å². The van der Waals surface area contributed by atoms with Gasteiger partial charge in [0.2, 0.25) is 0 Å². The van der Waals surface area contributed by atoms with Gasteiger partial charge in [0.25, 0.3) is 5.91 Å². The molecule has 0 aromatic carbocycles. The van der Waals surface area contributed by atoms with E-state index in [-0.39, 0.29) is 5.91 Å². The SMILES string of the molecule is C[C@H]1C[C@H]2CCN1C[C@@H]2NC(=O)c1ncc(Br)s1.